The molecule has 20 heavy (non-hydrogen) atoms. The van der Waals surface area contributed by atoms with Crippen molar-refractivity contribution in [1.29, 1.82) is 0 Å². The molecule has 2 aliphatic rings. The fourth-order valence-electron chi connectivity index (χ4n) is 2.74. The van der Waals surface area contributed by atoms with Crippen LogP contribution < -0.4 is 10.1 Å². The molecule has 0 aromatic heterocycles. The van der Waals surface area contributed by atoms with Gasteiger partial charge >= 0.3 is 5.97 Å². The Labute approximate surface area is 117 Å². The maximum Gasteiger partial charge on any atom is 0.323 e. The van der Waals surface area contributed by atoms with E-state index in [2.05, 4.69) is 10.1 Å². The van der Waals surface area contributed by atoms with Crippen molar-refractivity contribution >= 4 is 15.8 Å². The highest BCUT2D eigenvalue weighted by molar-refractivity contribution is 7.92. The first kappa shape index (κ1) is 13.4. The van der Waals surface area contributed by atoms with E-state index < -0.39 is 33.1 Å². The highest BCUT2D eigenvalue weighted by atomic mass is 32.2. The Morgan fingerprint density at radius 3 is 2.90 bits per heavy atom. The molecule has 0 spiro atoms. The number of carbonyl (C=O) groups is 1. The largest absolute Gasteiger partial charge is 0.492 e. The lowest BCUT2D eigenvalue weighted by Gasteiger charge is -2.39. The average molecular weight is 297 g/mol. The Hall–Kier alpha value is -1.60. The Morgan fingerprint density at radius 2 is 2.15 bits per heavy atom. The number of esters is 1. The average Bonchev–Trinajstić information content (AvgIpc) is 2.45. The lowest BCUT2D eigenvalue weighted by Crippen LogP contribution is -2.58. The van der Waals surface area contributed by atoms with E-state index in [0.29, 0.717) is 5.75 Å². The summed E-state index contributed by atoms with van der Waals surface area (Å²) in [6, 6.07) is 5.98. The van der Waals surface area contributed by atoms with Gasteiger partial charge in [0.05, 0.1) is 18.9 Å². The van der Waals surface area contributed by atoms with Crippen molar-refractivity contribution in [3.8, 4) is 5.75 Å². The molecule has 3 rings (SSSR count). The molecular weight excluding hydrogens is 282 g/mol. The number of nitrogens with one attached hydrogen (secondary N) is 1. The molecule has 1 N–H and O–H groups in total. The first-order chi connectivity index (χ1) is 9.53. The maximum atomic E-state index is 12.3. The molecule has 7 heteroatoms. The molecule has 1 fully saturated rings. The second-order valence-corrected chi connectivity index (χ2v) is 7.20. The van der Waals surface area contributed by atoms with Crippen LogP contribution in [0.25, 0.3) is 0 Å². The van der Waals surface area contributed by atoms with Crippen molar-refractivity contribution in [2.24, 2.45) is 0 Å². The summed E-state index contributed by atoms with van der Waals surface area (Å²) in [7, 11) is -2.17. The van der Waals surface area contributed by atoms with Crippen molar-refractivity contribution in [3.05, 3.63) is 29.8 Å². The topological polar surface area (TPSA) is 81.7 Å². The molecule has 1 saturated heterocycles. The molecule has 1 aromatic carbocycles. The highest BCUT2D eigenvalue weighted by Gasteiger charge is 2.47. The zero-order valence-electron chi connectivity index (χ0n) is 10.9. The third kappa shape index (κ3) is 2.06. The van der Waals surface area contributed by atoms with E-state index in [0.717, 1.165) is 5.56 Å². The summed E-state index contributed by atoms with van der Waals surface area (Å²) in [5.41, 5.74) is 0.765. The molecule has 0 bridgehead atoms. The summed E-state index contributed by atoms with van der Waals surface area (Å²) in [6.45, 7) is 0.102. The summed E-state index contributed by atoms with van der Waals surface area (Å²) in [5.74, 6) is -0.162. The third-order valence-electron chi connectivity index (χ3n) is 3.76. The molecule has 6 nitrogen and oxygen atoms in total. The van der Waals surface area contributed by atoms with Crippen molar-refractivity contribution in [2.75, 3.05) is 19.5 Å². The predicted molar refractivity (Wildman–Crippen MR) is 71.2 cm³/mol. The first-order valence-electron chi connectivity index (χ1n) is 6.30. The normalized spacial score (nSPS) is 30.6. The van der Waals surface area contributed by atoms with E-state index in [1.165, 1.54) is 7.11 Å². The molecule has 3 unspecified atom stereocenters. The van der Waals surface area contributed by atoms with E-state index in [4.69, 9.17) is 4.74 Å². The SMILES string of the molecule is COC(=O)C1CS(=O)(=O)C2COc3ccccc3C2N1. The van der Waals surface area contributed by atoms with Gasteiger partial charge in [0, 0.05) is 5.56 Å². The van der Waals surface area contributed by atoms with Gasteiger partial charge < -0.3 is 9.47 Å². The van der Waals surface area contributed by atoms with Crippen LogP contribution >= 0.6 is 0 Å². The van der Waals surface area contributed by atoms with Crippen LogP contribution in [0.5, 0.6) is 5.75 Å². The summed E-state index contributed by atoms with van der Waals surface area (Å²) in [5, 5.41) is 2.42. The molecule has 1 aromatic rings. The van der Waals surface area contributed by atoms with E-state index in [1.807, 2.05) is 18.2 Å². The summed E-state index contributed by atoms with van der Waals surface area (Å²) in [6.07, 6.45) is 0. The van der Waals surface area contributed by atoms with Gasteiger partial charge in [0.1, 0.15) is 23.6 Å². The van der Waals surface area contributed by atoms with Crippen LogP contribution in [0.4, 0.5) is 0 Å². The van der Waals surface area contributed by atoms with Crippen LogP contribution in [0.1, 0.15) is 11.6 Å². The fourth-order valence-corrected chi connectivity index (χ4v) is 4.60. The molecular formula is C13H15NO5S. The molecule has 0 amide bonds. The molecule has 2 heterocycles. The zero-order chi connectivity index (χ0) is 14.3. The monoisotopic (exact) mass is 297 g/mol. The number of hydrogen-bond donors (Lipinski definition) is 1. The van der Waals surface area contributed by atoms with E-state index in [9.17, 15) is 13.2 Å². The van der Waals surface area contributed by atoms with Gasteiger partial charge in [0.15, 0.2) is 9.84 Å². The van der Waals surface area contributed by atoms with Crippen molar-refractivity contribution in [3.63, 3.8) is 0 Å². The van der Waals surface area contributed by atoms with Crippen molar-refractivity contribution < 1.29 is 22.7 Å². The number of benzene rings is 1. The second-order valence-electron chi connectivity index (χ2n) is 4.94. The highest BCUT2D eigenvalue weighted by Crippen LogP contribution is 2.37. The van der Waals surface area contributed by atoms with Gasteiger partial charge in [0.25, 0.3) is 0 Å². The third-order valence-corrected chi connectivity index (χ3v) is 5.88. The zero-order valence-corrected chi connectivity index (χ0v) is 11.7. The van der Waals surface area contributed by atoms with Crippen molar-refractivity contribution in [1.82, 2.24) is 5.32 Å². The first-order valence-corrected chi connectivity index (χ1v) is 8.01. The lowest BCUT2D eigenvalue weighted by molar-refractivity contribution is -0.143. The Balaban J connectivity index is 2.02. The molecule has 0 aliphatic carbocycles. The van der Waals surface area contributed by atoms with Gasteiger partial charge in [-0.15, -0.1) is 0 Å². The Morgan fingerprint density at radius 1 is 1.40 bits per heavy atom. The summed E-state index contributed by atoms with van der Waals surface area (Å²) < 4.78 is 34.8. The van der Waals surface area contributed by atoms with Crippen LogP contribution in [-0.4, -0.2) is 45.1 Å². The number of rotatable bonds is 1. The number of hydrogen-bond acceptors (Lipinski definition) is 6. The van der Waals surface area contributed by atoms with Crippen molar-refractivity contribution in [2.45, 2.75) is 17.3 Å². The van der Waals surface area contributed by atoms with Gasteiger partial charge in [-0.3, -0.25) is 10.1 Å². The molecule has 0 radical (unpaired) electrons. The van der Waals surface area contributed by atoms with Crippen LogP contribution in [-0.2, 0) is 19.4 Å². The molecule has 0 saturated carbocycles. The Kier molecular flexibility index (Phi) is 3.18. The number of sulfone groups is 1. The minimum absolute atomic E-state index is 0.102. The number of carbonyl (C=O) groups excluding carboxylic acids is 1. The van der Waals surface area contributed by atoms with Gasteiger partial charge in [-0.05, 0) is 6.07 Å². The maximum absolute atomic E-state index is 12.3. The minimum Gasteiger partial charge on any atom is -0.492 e. The van der Waals surface area contributed by atoms with Gasteiger partial charge in [0.2, 0.25) is 0 Å². The Bertz CT molecular complexity index is 642. The number of fused-ring (bicyclic) bond motifs is 3. The van der Waals surface area contributed by atoms with Gasteiger partial charge in [-0.2, -0.15) is 0 Å². The standard InChI is InChI=1S/C13H15NO5S/c1-18-13(15)9-7-20(16,17)11-6-19-10-5-3-2-4-8(10)12(11)14-9/h2-5,9,11-12,14H,6-7H2,1H3. The van der Waals surface area contributed by atoms with E-state index in [1.54, 1.807) is 6.07 Å². The van der Waals surface area contributed by atoms with Crippen LogP contribution in [0.15, 0.2) is 24.3 Å². The second kappa shape index (κ2) is 4.75. The fraction of sp³-hybridized carbons (Fsp3) is 0.462. The van der Waals surface area contributed by atoms with Gasteiger partial charge in [-0.25, -0.2) is 8.42 Å². The minimum atomic E-state index is -3.42. The smallest absolute Gasteiger partial charge is 0.323 e. The van der Waals surface area contributed by atoms with Crippen LogP contribution in [0.3, 0.4) is 0 Å². The van der Waals surface area contributed by atoms with Crippen LogP contribution in [0.2, 0.25) is 0 Å². The number of ether oxygens (including phenoxy) is 2. The van der Waals surface area contributed by atoms with E-state index in [-0.39, 0.29) is 12.4 Å². The summed E-state index contributed by atoms with van der Waals surface area (Å²) in [4.78, 5) is 11.7. The number of methoxy groups -OCH3 is 1. The quantitative estimate of drug-likeness (QED) is 0.738. The summed E-state index contributed by atoms with van der Waals surface area (Å²) >= 11 is 0. The molecule has 3 atom stereocenters. The lowest BCUT2D eigenvalue weighted by atomic mass is 9.99. The predicted octanol–water partition coefficient (Wildman–Crippen LogP) is 0.0483. The van der Waals surface area contributed by atoms with Crippen LogP contribution in [0, 0.1) is 0 Å². The van der Waals surface area contributed by atoms with E-state index >= 15 is 0 Å². The number of para-hydroxylation sites is 1. The molecule has 108 valence electrons. The molecule has 2 aliphatic heterocycles. The van der Waals surface area contributed by atoms with Gasteiger partial charge in [-0.1, -0.05) is 18.2 Å².